The van der Waals surface area contributed by atoms with Crippen LogP contribution < -0.4 is 19.9 Å². The molecule has 0 bridgehead atoms. The number of carbonyl (C=O) groups is 2. The Hall–Kier alpha value is -3.88. The molecule has 0 aliphatic rings. The molecule has 0 unspecified atom stereocenters. The highest BCUT2D eigenvalue weighted by Crippen LogP contribution is 2.33. The van der Waals surface area contributed by atoms with E-state index in [1.54, 1.807) is 0 Å². The van der Waals surface area contributed by atoms with E-state index < -0.39 is 16.8 Å². The molecule has 0 saturated heterocycles. The molecule has 140 valence electrons. The SMILES string of the molecule is COc1cc(NC(=O)/C=C/c2ccc([N+](=O)[O-])cc2)c(C(=O)[O-])cc1OC. The topological polar surface area (TPSA) is 131 Å². The van der Waals surface area contributed by atoms with Crippen LogP contribution in [0, 0.1) is 10.1 Å². The van der Waals surface area contributed by atoms with Gasteiger partial charge >= 0.3 is 0 Å². The van der Waals surface area contributed by atoms with Crippen molar-refractivity contribution in [1.82, 2.24) is 0 Å². The minimum Gasteiger partial charge on any atom is -0.545 e. The van der Waals surface area contributed by atoms with Crippen LogP contribution in [0.5, 0.6) is 11.5 Å². The molecule has 0 fully saturated rings. The fourth-order valence-corrected chi connectivity index (χ4v) is 2.20. The van der Waals surface area contributed by atoms with Crippen molar-refractivity contribution in [2.24, 2.45) is 0 Å². The predicted molar refractivity (Wildman–Crippen MR) is 94.6 cm³/mol. The first kappa shape index (κ1) is 19.4. The number of hydrogen-bond donors (Lipinski definition) is 1. The lowest BCUT2D eigenvalue weighted by Crippen LogP contribution is -2.24. The van der Waals surface area contributed by atoms with Gasteiger partial charge in [-0.3, -0.25) is 14.9 Å². The number of nitro benzene ring substituents is 1. The molecule has 2 aromatic rings. The molecular formula is C18H15N2O7-. The molecule has 1 amide bonds. The first-order chi connectivity index (χ1) is 12.8. The lowest BCUT2D eigenvalue weighted by atomic mass is 10.1. The zero-order chi connectivity index (χ0) is 20.0. The van der Waals surface area contributed by atoms with Gasteiger partial charge in [0.2, 0.25) is 5.91 Å². The van der Waals surface area contributed by atoms with E-state index in [0.717, 1.165) is 6.08 Å². The summed E-state index contributed by atoms with van der Waals surface area (Å²) in [4.78, 5) is 33.5. The molecule has 0 aliphatic heterocycles. The van der Waals surface area contributed by atoms with Crippen LogP contribution >= 0.6 is 0 Å². The van der Waals surface area contributed by atoms with E-state index in [9.17, 15) is 24.8 Å². The summed E-state index contributed by atoms with van der Waals surface area (Å²) in [5.74, 6) is -1.69. The Labute approximate surface area is 154 Å². The number of nitrogens with zero attached hydrogens (tertiary/aromatic N) is 1. The number of ether oxygens (including phenoxy) is 2. The molecule has 9 heteroatoms. The number of hydrogen-bond acceptors (Lipinski definition) is 7. The highest BCUT2D eigenvalue weighted by molar-refractivity contribution is 6.06. The van der Waals surface area contributed by atoms with E-state index >= 15 is 0 Å². The average Bonchev–Trinajstić information content (AvgIpc) is 2.66. The second kappa shape index (κ2) is 8.48. The maximum absolute atomic E-state index is 12.1. The Balaban J connectivity index is 2.21. The number of aromatic carboxylic acids is 1. The van der Waals surface area contributed by atoms with E-state index in [4.69, 9.17) is 9.47 Å². The summed E-state index contributed by atoms with van der Waals surface area (Å²) in [6.07, 6.45) is 2.59. The Morgan fingerprint density at radius 2 is 1.67 bits per heavy atom. The summed E-state index contributed by atoms with van der Waals surface area (Å²) < 4.78 is 10.1. The molecule has 27 heavy (non-hydrogen) atoms. The van der Waals surface area contributed by atoms with Crippen molar-refractivity contribution in [3.63, 3.8) is 0 Å². The van der Waals surface area contributed by atoms with Crippen LogP contribution in [0.3, 0.4) is 0 Å². The average molecular weight is 371 g/mol. The van der Waals surface area contributed by atoms with Crippen LogP contribution in [-0.4, -0.2) is 31.0 Å². The van der Waals surface area contributed by atoms with Gasteiger partial charge in [0.25, 0.3) is 5.69 Å². The van der Waals surface area contributed by atoms with E-state index in [1.807, 2.05) is 0 Å². The summed E-state index contributed by atoms with van der Waals surface area (Å²) in [6, 6.07) is 8.06. The van der Waals surface area contributed by atoms with Crippen LogP contribution in [0.15, 0.2) is 42.5 Å². The number of anilines is 1. The minimum atomic E-state index is -1.49. The quantitative estimate of drug-likeness (QED) is 0.444. The highest BCUT2D eigenvalue weighted by atomic mass is 16.6. The maximum Gasteiger partial charge on any atom is 0.269 e. The summed E-state index contributed by atoms with van der Waals surface area (Å²) in [5.41, 5.74) is 0.194. The minimum absolute atomic E-state index is 0.0222. The van der Waals surface area contributed by atoms with Gasteiger partial charge in [-0.2, -0.15) is 0 Å². The van der Waals surface area contributed by atoms with Crippen molar-refractivity contribution in [1.29, 1.82) is 0 Å². The van der Waals surface area contributed by atoms with E-state index in [2.05, 4.69) is 5.32 Å². The summed E-state index contributed by atoms with van der Waals surface area (Å²) in [7, 11) is 2.72. The lowest BCUT2D eigenvalue weighted by Gasteiger charge is -2.15. The molecule has 0 heterocycles. The first-order valence-electron chi connectivity index (χ1n) is 7.56. The molecule has 0 aliphatic carbocycles. The molecule has 0 atom stereocenters. The summed E-state index contributed by atoms with van der Waals surface area (Å²) in [6.45, 7) is 0. The van der Waals surface area contributed by atoms with Gasteiger partial charge in [0.05, 0.1) is 30.8 Å². The van der Waals surface area contributed by atoms with Crippen molar-refractivity contribution in [3.8, 4) is 11.5 Å². The maximum atomic E-state index is 12.1. The van der Waals surface area contributed by atoms with Crippen molar-refractivity contribution in [2.75, 3.05) is 19.5 Å². The molecule has 0 saturated carbocycles. The number of rotatable bonds is 7. The normalized spacial score (nSPS) is 10.4. The molecular weight excluding hydrogens is 356 g/mol. The Morgan fingerprint density at radius 1 is 1.07 bits per heavy atom. The van der Waals surface area contributed by atoms with Gasteiger partial charge in [0.15, 0.2) is 11.5 Å². The number of nitro groups is 1. The van der Waals surface area contributed by atoms with Crippen molar-refractivity contribution >= 4 is 29.3 Å². The summed E-state index contributed by atoms with van der Waals surface area (Å²) >= 11 is 0. The van der Waals surface area contributed by atoms with E-state index in [1.165, 1.54) is 56.7 Å². The van der Waals surface area contributed by atoms with E-state index in [-0.39, 0.29) is 28.4 Å². The number of non-ortho nitro benzene ring substituents is 1. The number of carboxylic acids is 1. The molecule has 0 radical (unpaired) electrons. The molecule has 0 spiro atoms. The number of methoxy groups -OCH3 is 2. The van der Waals surface area contributed by atoms with Gasteiger partial charge in [0, 0.05) is 29.8 Å². The van der Waals surface area contributed by atoms with E-state index in [0.29, 0.717) is 5.56 Å². The third kappa shape index (κ3) is 4.82. The van der Waals surface area contributed by atoms with Gasteiger partial charge < -0.3 is 24.7 Å². The number of carbonyl (C=O) groups excluding carboxylic acids is 2. The van der Waals surface area contributed by atoms with Gasteiger partial charge in [-0.25, -0.2) is 0 Å². The first-order valence-corrected chi connectivity index (χ1v) is 7.56. The lowest BCUT2D eigenvalue weighted by molar-refractivity contribution is -0.384. The zero-order valence-electron chi connectivity index (χ0n) is 14.4. The fourth-order valence-electron chi connectivity index (χ4n) is 2.20. The van der Waals surface area contributed by atoms with Crippen LogP contribution in [0.4, 0.5) is 11.4 Å². The molecule has 2 aromatic carbocycles. The Bertz CT molecular complexity index is 905. The van der Waals surface area contributed by atoms with Crippen LogP contribution in [0.25, 0.3) is 6.08 Å². The van der Waals surface area contributed by atoms with Gasteiger partial charge in [-0.1, -0.05) is 0 Å². The standard InChI is InChI=1S/C18H16N2O7/c1-26-15-9-13(18(22)23)14(10-16(15)27-2)19-17(21)8-5-11-3-6-12(7-4-11)20(24)25/h3-10H,1-2H3,(H,19,21)(H,22,23)/p-1/b8-5+. The predicted octanol–water partition coefficient (Wildman–Crippen LogP) is 1.63. The number of carboxylic acid groups (broad SMARTS) is 1. The van der Waals surface area contributed by atoms with Crippen LogP contribution in [-0.2, 0) is 4.79 Å². The molecule has 0 aromatic heterocycles. The molecule has 1 N–H and O–H groups in total. The number of nitrogens with one attached hydrogen (secondary N) is 1. The van der Waals surface area contributed by atoms with Crippen molar-refractivity contribution < 1.29 is 29.1 Å². The van der Waals surface area contributed by atoms with Crippen molar-refractivity contribution in [2.45, 2.75) is 0 Å². The zero-order valence-corrected chi connectivity index (χ0v) is 14.4. The second-order valence-corrected chi connectivity index (χ2v) is 5.21. The van der Waals surface area contributed by atoms with Crippen LogP contribution in [0.2, 0.25) is 0 Å². The Kier molecular flexibility index (Phi) is 6.10. The van der Waals surface area contributed by atoms with Gasteiger partial charge in [0.1, 0.15) is 0 Å². The third-order valence-electron chi connectivity index (χ3n) is 3.53. The third-order valence-corrected chi connectivity index (χ3v) is 3.53. The summed E-state index contributed by atoms with van der Waals surface area (Å²) in [5, 5.41) is 24.4. The number of benzene rings is 2. The van der Waals surface area contributed by atoms with Gasteiger partial charge in [-0.15, -0.1) is 0 Å². The monoisotopic (exact) mass is 371 g/mol. The molecule has 9 nitrogen and oxygen atoms in total. The van der Waals surface area contributed by atoms with Gasteiger partial charge in [-0.05, 0) is 29.8 Å². The molecule has 2 rings (SSSR count). The fraction of sp³-hybridized carbons (Fsp3) is 0.111. The Morgan fingerprint density at radius 3 is 2.19 bits per heavy atom. The largest absolute Gasteiger partial charge is 0.545 e. The number of amides is 1. The smallest absolute Gasteiger partial charge is 0.269 e. The van der Waals surface area contributed by atoms with Crippen molar-refractivity contribution in [3.05, 3.63) is 63.7 Å². The second-order valence-electron chi connectivity index (χ2n) is 5.21. The van der Waals surface area contributed by atoms with Crippen LogP contribution in [0.1, 0.15) is 15.9 Å². The highest BCUT2D eigenvalue weighted by Gasteiger charge is 2.13.